The minimum atomic E-state index is -1.37. The van der Waals surface area contributed by atoms with Gasteiger partial charge in [-0.1, -0.05) is 94.1 Å². The van der Waals surface area contributed by atoms with E-state index >= 15 is 0 Å². The zero-order valence-corrected chi connectivity index (χ0v) is 16.6. The Morgan fingerprint density at radius 1 is 0.667 bits per heavy atom. The van der Waals surface area contributed by atoms with Crippen molar-refractivity contribution in [3.05, 3.63) is 54.1 Å². The van der Waals surface area contributed by atoms with Crippen molar-refractivity contribution in [1.82, 2.24) is 0 Å². The lowest BCUT2D eigenvalue weighted by molar-refractivity contribution is 0.591. The van der Waals surface area contributed by atoms with Crippen LogP contribution in [0, 0.1) is 0 Å². The first kappa shape index (κ1) is 15.7. The summed E-state index contributed by atoms with van der Waals surface area (Å²) < 4.78 is 0. The first-order valence-corrected chi connectivity index (χ1v) is 12.4. The van der Waals surface area contributed by atoms with E-state index in [0.717, 1.165) is 0 Å². The normalized spacial score (nSPS) is 13.4. The number of benzene rings is 4. The highest BCUT2D eigenvalue weighted by molar-refractivity contribution is 6.90. The molecule has 0 amide bonds. The number of rotatable bonds is 1. The van der Waals surface area contributed by atoms with Crippen LogP contribution >= 0.6 is 0 Å². The van der Waals surface area contributed by atoms with E-state index in [1.54, 1.807) is 5.19 Å². The standard InChI is InChI=1S/C23H26Si/c1-23(2,3)18-13-16-8-7-15-10-12-20(24(4,5)6)19-11-9-17(14-18)21(16)22(15)19/h7-14H,1-6H3. The van der Waals surface area contributed by atoms with Crippen LogP contribution in [0.3, 0.4) is 0 Å². The van der Waals surface area contributed by atoms with Crippen LogP contribution < -0.4 is 5.19 Å². The molecule has 0 nitrogen and oxygen atoms in total. The minimum absolute atomic E-state index is 0.175. The summed E-state index contributed by atoms with van der Waals surface area (Å²) in [6.07, 6.45) is 0. The summed E-state index contributed by atoms with van der Waals surface area (Å²) in [7, 11) is -1.37. The lowest BCUT2D eigenvalue weighted by Crippen LogP contribution is -2.38. The molecule has 0 saturated heterocycles. The van der Waals surface area contributed by atoms with E-state index in [9.17, 15) is 0 Å². The molecule has 0 unspecified atom stereocenters. The van der Waals surface area contributed by atoms with Gasteiger partial charge >= 0.3 is 0 Å². The Labute approximate surface area is 145 Å². The lowest BCUT2D eigenvalue weighted by Gasteiger charge is -2.24. The van der Waals surface area contributed by atoms with Gasteiger partial charge in [0.15, 0.2) is 0 Å². The average Bonchev–Trinajstić information content (AvgIpc) is 2.50. The van der Waals surface area contributed by atoms with Crippen LogP contribution in [-0.2, 0) is 5.41 Å². The van der Waals surface area contributed by atoms with Gasteiger partial charge in [0.1, 0.15) is 0 Å². The van der Waals surface area contributed by atoms with Gasteiger partial charge in [0.25, 0.3) is 0 Å². The molecule has 0 aromatic heterocycles. The van der Waals surface area contributed by atoms with Gasteiger partial charge in [0, 0.05) is 0 Å². The van der Waals surface area contributed by atoms with Crippen LogP contribution in [-0.4, -0.2) is 8.07 Å². The summed E-state index contributed by atoms with van der Waals surface area (Å²) >= 11 is 0. The van der Waals surface area contributed by atoms with Crippen LogP contribution in [0.1, 0.15) is 26.3 Å². The van der Waals surface area contributed by atoms with Crippen molar-refractivity contribution in [1.29, 1.82) is 0 Å². The molecule has 122 valence electrons. The van der Waals surface area contributed by atoms with Crippen molar-refractivity contribution in [2.75, 3.05) is 0 Å². The predicted octanol–water partition coefficient (Wildman–Crippen LogP) is 6.43. The molecule has 0 saturated carbocycles. The van der Waals surface area contributed by atoms with Gasteiger partial charge in [-0.05, 0) is 43.3 Å². The Morgan fingerprint density at radius 2 is 1.21 bits per heavy atom. The van der Waals surface area contributed by atoms with Gasteiger partial charge in [-0.15, -0.1) is 0 Å². The fraction of sp³-hybridized carbons (Fsp3) is 0.304. The Kier molecular flexibility index (Phi) is 3.15. The zero-order chi connectivity index (χ0) is 17.3. The third-order valence-corrected chi connectivity index (χ3v) is 7.33. The molecule has 4 aromatic carbocycles. The van der Waals surface area contributed by atoms with Gasteiger partial charge < -0.3 is 0 Å². The zero-order valence-electron chi connectivity index (χ0n) is 15.6. The van der Waals surface area contributed by atoms with E-state index in [0.29, 0.717) is 0 Å². The summed E-state index contributed by atoms with van der Waals surface area (Å²) in [6.45, 7) is 14.2. The van der Waals surface area contributed by atoms with Crippen molar-refractivity contribution < 1.29 is 0 Å². The SMILES string of the molecule is CC(C)(C)c1cc2ccc3ccc([Si](C)(C)C)c4ccc(c1)c2c34. The highest BCUT2D eigenvalue weighted by Gasteiger charge is 2.22. The molecule has 1 heteroatoms. The Hall–Kier alpha value is -1.86. The van der Waals surface area contributed by atoms with Gasteiger partial charge in [0.2, 0.25) is 0 Å². The van der Waals surface area contributed by atoms with Gasteiger partial charge in [-0.2, -0.15) is 0 Å². The van der Waals surface area contributed by atoms with E-state index in [2.05, 4.69) is 88.9 Å². The van der Waals surface area contributed by atoms with E-state index in [4.69, 9.17) is 0 Å². The van der Waals surface area contributed by atoms with E-state index in [1.807, 2.05) is 0 Å². The molecule has 0 heterocycles. The molecular weight excluding hydrogens is 304 g/mol. The molecule has 0 bridgehead atoms. The molecule has 0 radical (unpaired) electrons. The smallest absolute Gasteiger partial charge is 0.0656 e. The third-order valence-electron chi connectivity index (χ3n) is 5.27. The largest absolute Gasteiger partial charge is 0.0784 e. The van der Waals surface area contributed by atoms with Crippen molar-refractivity contribution >= 4 is 45.6 Å². The van der Waals surface area contributed by atoms with Crippen LogP contribution in [0.2, 0.25) is 19.6 Å². The van der Waals surface area contributed by atoms with Crippen molar-refractivity contribution in [3.63, 3.8) is 0 Å². The van der Waals surface area contributed by atoms with E-state index in [1.165, 1.54) is 37.9 Å². The van der Waals surface area contributed by atoms with Gasteiger partial charge in [0.05, 0.1) is 8.07 Å². The second-order valence-corrected chi connectivity index (χ2v) is 14.2. The molecule has 0 N–H and O–H groups in total. The fourth-order valence-corrected chi connectivity index (χ4v) is 5.51. The maximum atomic E-state index is 2.44. The Balaban J connectivity index is 2.20. The predicted molar refractivity (Wildman–Crippen MR) is 112 cm³/mol. The summed E-state index contributed by atoms with van der Waals surface area (Å²) in [5, 5.41) is 10.1. The highest BCUT2D eigenvalue weighted by Crippen LogP contribution is 2.37. The first-order chi connectivity index (χ1) is 11.2. The Bertz CT molecular complexity index is 1040. The molecule has 0 fully saturated rings. The second kappa shape index (κ2) is 4.83. The summed E-state index contributed by atoms with van der Waals surface area (Å²) in [5.41, 5.74) is 1.59. The lowest BCUT2D eigenvalue weighted by atomic mass is 9.83. The number of hydrogen-bond acceptors (Lipinski definition) is 0. The summed E-state index contributed by atoms with van der Waals surface area (Å²) in [5.74, 6) is 0. The minimum Gasteiger partial charge on any atom is -0.0656 e. The number of hydrogen-bond donors (Lipinski definition) is 0. The van der Waals surface area contributed by atoms with Gasteiger partial charge in [-0.25, -0.2) is 0 Å². The van der Waals surface area contributed by atoms with Gasteiger partial charge in [-0.3, -0.25) is 0 Å². The van der Waals surface area contributed by atoms with E-state index < -0.39 is 8.07 Å². The third kappa shape index (κ3) is 2.26. The Morgan fingerprint density at radius 3 is 1.79 bits per heavy atom. The molecule has 0 aliphatic heterocycles. The van der Waals surface area contributed by atoms with Crippen molar-refractivity contribution in [2.24, 2.45) is 0 Å². The van der Waals surface area contributed by atoms with Crippen LogP contribution in [0.15, 0.2) is 48.5 Å². The van der Waals surface area contributed by atoms with Crippen LogP contribution in [0.5, 0.6) is 0 Å². The van der Waals surface area contributed by atoms with Crippen LogP contribution in [0.25, 0.3) is 32.3 Å². The molecule has 0 aliphatic carbocycles. The average molecular weight is 331 g/mol. The molecule has 0 spiro atoms. The molecule has 4 aromatic rings. The van der Waals surface area contributed by atoms with Crippen molar-refractivity contribution in [3.8, 4) is 0 Å². The molecule has 0 atom stereocenters. The second-order valence-electron chi connectivity index (χ2n) is 9.19. The van der Waals surface area contributed by atoms with Crippen molar-refractivity contribution in [2.45, 2.75) is 45.8 Å². The quantitative estimate of drug-likeness (QED) is 0.279. The monoisotopic (exact) mass is 330 g/mol. The molecule has 4 rings (SSSR count). The van der Waals surface area contributed by atoms with E-state index in [-0.39, 0.29) is 5.41 Å². The summed E-state index contributed by atoms with van der Waals surface area (Å²) in [6, 6.07) is 18.8. The molecular formula is C23H26Si. The maximum Gasteiger partial charge on any atom is 0.0784 e. The fourth-order valence-electron chi connectivity index (χ4n) is 3.91. The highest BCUT2D eigenvalue weighted by atomic mass is 28.3. The maximum absolute atomic E-state index is 2.44. The molecule has 24 heavy (non-hydrogen) atoms. The first-order valence-electron chi connectivity index (χ1n) is 8.89. The van der Waals surface area contributed by atoms with Crippen LogP contribution in [0.4, 0.5) is 0 Å². The molecule has 0 aliphatic rings. The summed E-state index contributed by atoms with van der Waals surface area (Å²) in [4.78, 5) is 0. The topological polar surface area (TPSA) is 0 Å².